The average molecular weight is 335 g/mol. The van der Waals surface area contributed by atoms with Crippen LogP contribution in [-0.4, -0.2) is 55.0 Å². The second kappa shape index (κ2) is 5.65. The third-order valence-electron chi connectivity index (χ3n) is 3.70. The number of hydrogen-bond acceptors (Lipinski definition) is 6. The van der Waals surface area contributed by atoms with Crippen LogP contribution in [0.4, 0.5) is 11.5 Å². The number of sulfone groups is 1. The molecular formula is C14H17N5O3S. The molecule has 3 heterocycles. The number of amides is 1. The number of pyridine rings is 1. The lowest BCUT2D eigenvalue weighted by Gasteiger charge is -2.34. The van der Waals surface area contributed by atoms with Gasteiger partial charge in [-0.2, -0.15) is 5.10 Å². The van der Waals surface area contributed by atoms with Gasteiger partial charge in [0.15, 0.2) is 9.84 Å². The minimum atomic E-state index is -3.27. The Morgan fingerprint density at radius 2 is 1.96 bits per heavy atom. The van der Waals surface area contributed by atoms with E-state index in [0.29, 0.717) is 18.9 Å². The number of piperazine rings is 1. The molecular weight excluding hydrogens is 318 g/mol. The first-order valence-electron chi connectivity index (χ1n) is 7.05. The first kappa shape index (κ1) is 15.5. The van der Waals surface area contributed by atoms with Crippen molar-refractivity contribution in [3.63, 3.8) is 0 Å². The summed E-state index contributed by atoms with van der Waals surface area (Å²) in [6, 6.07) is 3.14. The molecule has 23 heavy (non-hydrogen) atoms. The summed E-state index contributed by atoms with van der Waals surface area (Å²) in [6.07, 6.45) is 5.92. The van der Waals surface area contributed by atoms with E-state index in [4.69, 9.17) is 0 Å². The molecule has 1 saturated heterocycles. The first-order valence-corrected chi connectivity index (χ1v) is 8.94. The zero-order valence-corrected chi connectivity index (χ0v) is 13.7. The maximum atomic E-state index is 12.3. The van der Waals surface area contributed by atoms with Crippen molar-refractivity contribution >= 4 is 27.2 Å². The topological polar surface area (TPSA) is 88.4 Å². The van der Waals surface area contributed by atoms with Gasteiger partial charge in [-0.3, -0.25) is 9.48 Å². The maximum Gasteiger partial charge on any atom is 0.246 e. The molecule has 2 aromatic heterocycles. The van der Waals surface area contributed by atoms with Crippen molar-refractivity contribution in [3.05, 3.63) is 30.7 Å². The van der Waals surface area contributed by atoms with Crippen LogP contribution in [0.3, 0.4) is 0 Å². The van der Waals surface area contributed by atoms with E-state index in [2.05, 4.69) is 10.1 Å². The normalized spacial score (nSPS) is 16.0. The van der Waals surface area contributed by atoms with Crippen LogP contribution in [0, 0.1) is 0 Å². The Bertz CT molecular complexity index is 828. The van der Waals surface area contributed by atoms with Crippen LogP contribution in [0.25, 0.3) is 0 Å². The standard InChI is InChI=1S/C14H17N5O3S/c1-17-9-11(7-16-17)19-6-5-18(10-14(19)20)13-4-3-12(8-15-13)23(2,21)22/h3-4,7-9H,5-6,10H2,1-2H3. The first-order chi connectivity index (χ1) is 10.8. The van der Waals surface area contributed by atoms with E-state index < -0.39 is 9.84 Å². The Morgan fingerprint density at radius 1 is 1.17 bits per heavy atom. The number of anilines is 2. The van der Waals surface area contributed by atoms with Crippen LogP contribution in [0.15, 0.2) is 35.6 Å². The van der Waals surface area contributed by atoms with Crippen LogP contribution in [0.2, 0.25) is 0 Å². The lowest BCUT2D eigenvalue weighted by atomic mass is 10.2. The van der Waals surface area contributed by atoms with Gasteiger partial charge in [-0.1, -0.05) is 0 Å². The molecule has 122 valence electrons. The van der Waals surface area contributed by atoms with Gasteiger partial charge in [-0.15, -0.1) is 0 Å². The second-order valence-corrected chi connectivity index (χ2v) is 7.48. The highest BCUT2D eigenvalue weighted by molar-refractivity contribution is 7.90. The van der Waals surface area contributed by atoms with E-state index in [1.165, 1.54) is 12.3 Å². The highest BCUT2D eigenvalue weighted by atomic mass is 32.2. The molecule has 1 aliphatic rings. The summed E-state index contributed by atoms with van der Waals surface area (Å²) in [5.41, 5.74) is 0.775. The van der Waals surface area contributed by atoms with Gasteiger partial charge < -0.3 is 9.80 Å². The Kier molecular flexibility index (Phi) is 3.80. The van der Waals surface area contributed by atoms with Crippen molar-refractivity contribution in [1.82, 2.24) is 14.8 Å². The van der Waals surface area contributed by atoms with E-state index in [1.807, 2.05) is 4.90 Å². The fourth-order valence-corrected chi connectivity index (χ4v) is 3.03. The predicted octanol–water partition coefficient (Wildman–Crippen LogP) is 0.0718. The number of aromatic nitrogens is 3. The fourth-order valence-electron chi connectivity index (χ4n) is 2.47. The van der Waals surface area contributed by atoms with Crippen molar-refractivity contribution in [2.24, 2.45) is 7.05 Å². The Labute approximate surface area is 134 Å². The molecule has 0 aromatic carbocycles. The summed E-state index contributed by atoms with van der Waals surface area (Å²) in [7, 11) is -1.47. The molecule has 1 fully saturated rings. The van der Waals surface area contributed by atoms with Gasteiger partial charge in [0.2, 0.25) is 5.91 Å². The van der Waals surface area contributed by atoms with E-state index in [9.17, 15) is 13.2 Å². The number of nitrogens with zero attached hydrogens (tertiary/aromatic N) is 5. The minimum absolute atomic E-state index is 0.0433. The van der Waals surface area contributed by atoms with Gasteiger partial charge in [0, 0.05) is 38.8 Å². The number of aryl methyl sites for hydroxylation is 1. The molecule has 1 aliphatic heterocycles. The summed E-state index contributed by atoms with van der Waals surface area (Å²) < 4.78 is 24.6. The van der Waals surface area contributed by atoms with Crippen LogP contribution >= 0.6 is 0 Å². The van der Waals surface area contributed by atoms with Crippen molar-refractivity contribution in [2.75, 3.05) is 35.7 Å². The summed E-state index contributed by atoms with van der Waals surface area (Å²) in [5, 5.41) is 4.08. The van der Waals surface area contributed by atoms with Gasteiger partial charge >= 0.3 is 0 Å². The Hall–Kier alpha value is -2.42. The Morgan fingerprint density at radius 3 is 2.48 bits per heavy atom. The zero-order valence-electron chi connectivity index (χ0n) is 12.9. The third kappa shape index (κ3) is 3.19. The minimum Gasteiger partial charge on any atom is -0.345 e. The third-order valence-corrected chi connectivity index (χ3v) is 4.79. The van der Waals surface area contributed by atoms with Crippen LogP contribution in [0.5, 0.6) is 0 Å². The molecule has 0 N–H and O–H groups in total. The highest BCUT2D eigenvalue weighted by Crippen LogP contribution is 2.20. The summed E-state index contributed by atoms with van der Waals surface area (Å²) in [5.74, 6) is 0.551. The van der Waals surface area contributed by atoms with Crippen molar-refractivity contribution in [1.29, 1.82) is 0 Å². The van der Waals surface area contributed by atoms with Crippen molar-refractivity contribution in [2.45, 2.75) is 4.90 Å². The van der Waals surface area contributed by atoms with Crippen molar-refractivity contribution in [3.8, 4) is 0 Å². The number of rotatable bonds is 3. The molecule has 8 nitrogen and oxygen atoms in total. The molecule has 0 bridgehead atoms. The molecule has 0 radical (unpaired) electrons. The molecule has 1 amide bonds. The zero-order chi connectivity index (χ0) is 16.6. The summed E-state index contributed by atoms with van der Waals surface area (Å²) >= 11 is 0. The fraction of sp³-hybridized carbons (Fsp3) is 0.357. The SMILES string of the molecule is Cn1cc(N2CCN(c3ccc(S(C)(=O)=O)cn3)CC2=O)cn1. The molecule has 0 spiro atoms. The van der Waals surface area contributed by atoms with Crippen LogP contribution in [-0.2, 0) is 21.7 Å². The summed E-state index contributed by atoms with van der Waals surface area (Å²) in [6.45, 7) is 1.34. The largest absolute Gasteiger partial charge is 0.345 e. The monoisotopic (exact) mass is 335 g/mol. The molecule has 0 atom stereocenters. The summed E-state index contributed by atoms with van der Waals surface area (Å²) in [4.78, 5) is 20.2. The lowest BCUT2D eigenvalue weighted by Crippen LogP contribution is -2.50. The van der Waals surface area contributed by atoms with Crippen LogP contribution < -0.4 is 9.80 Å². The number of carbonyl (C=O) groups excluding carboxylic acids is 1. The van der Waals surface area contributed by atoms with Gasteiger partial charge in [0.1, 0.15) is 5.82 Å². The van der Waals surface area contributed by atoms with Gasteiger partial charge in [-0.25, -0.2) is 13.4 Å². The smallest absolute Gasteiger partial charge is 0.246 e. The van der Waals surface area contributed by atoms with E-state index >= 15 is 0 Å². The maximum absolute atomic E-state index is 12.3. The quantitative estimate of drug-likeness (QED) is 0.789. The highest BCUT2D eigenvalue weighted by Gasteiger charge is 2.26. The number of hydrogen-bond donors (Lipinski definition) is 0. The lowest BCUT2D eigenvalue weighted by molar-refractivity contribution is -0.117. The molecule has 0 unspecified atom stereocenters. The van der Waals surface area contributed by atoms with E-state index in [-0.39, 0.29) is 17.3 Å². The molecule has 9 heteroatoms. The van der Waals surface area contributed by atoms with E-state index in [0.717, 1.165) is 11.9 Å². The molecule has 3 rings (SSSR count). The average Bonchev–Trinajstić information content (AvgIpc) is 2.92. The van der Waals surface area contributed by atoms with E-state index in [1.54, 1.807) is 35.1 Å². The van der Waals surface area contributed by atoms with Gasteiger partial charge in [-0.05, 0) is 12.1 Å². The molecule has 2 aromatic rings. The van der Waals surface area contributed by atoms with Gasteiger partial charge in [0.25, 0.3) is 0 Å². The van der Waals surface area contributed by atoms with Gasteiger partial charge in [0.05, 0.1) is 23.3 Å². The molecule has 0 saturated carbocycles. The second-order valence-electron chi connectivity index (χ2n) is 5.46. The van der Waals surface area contributed by atoms with Crippen molar-refractivity contribution < 1.29 is 13.2 Å². The van der Waals surface area contributed by atoms with Crippen LogP contribution in [0.1, 0.15) is 0 Å². The Balaban J connectivity index is 1.74. The predicted molar refractivity (Wildman–Crippen MR) is 85.1 cm³/mol. The number of carbonyl (C=O) groups is 1. The molecule has 0 aliphatic carbocycles.